The van der Waals surface area contributed by atoms with Crippen molar-refractivity contribution >= 4 is 50.5 Å². The van der Waals surface area contributed by atoms with Crippen LogP contribution in [0.5, 0.6) is 0 Å². The third-order valence-electron chi connectivity index (χ3n) is 4.04. The van der Waals surface area contributed by atoms with Crippen LogP contribution in [-0.4, -0.2) is 26.2 Å². The number of methoxy groups -OCH3 is 2. The van der Waals surface area contributed by atoms with Gasteiger partial charge in [0.05, 0.1) is 30.8 Å². The van der Waals surface area contributed by atoms with Gasteiger partial charge in [-0.25, -0.2) is 0 Å². The van der Waals surface area contributed by atoms with Crippen molar-refractivity contribution in [2.75, 3.05) is 14.2 Å². The standard InChI is InChI=1S/C20H17BrO4S2/c1-24-17(22)10-14-6-7-26-19(14)12-4-3-5-13(8-12)20-15(9-16(21)27-20)11-18(23)25-2/h3-9H,10-11H2,1-2H3. The average Bonchev–Trinajstić information content (AvgIpc) is 3.27. The molecule has 0 saturated carbocycles. The lowest BCUT2D eigenvalue weighted by atomic mass is 10.0. The molecule has 0 spiro atoms. The van der Waals surface area contributed by atoms with Crippen LogP contribution in [0.3, 0.4) is 0 Å². The number of halogens is 1. The molecule has 0 amide bonds. The maximum atomic E-state index is 11.7. The van der Waals surface area contributed by atoms with Gasteiger partial charge in [-0.2, -0.15) is 0 Å². The average molecular weight is 465 g/mol. The van der Waals surface area contributed by atoms with Crippen LogP contribution in [0.2, 0.25) is 0 Å². The van der Waals surface area contributed by atoms with Crippen LogP contribution >= 0.6 is 38.6 Å². The molecule has 3 rings (SSSR count). The monoisotopic (exact) mass is 464 g/mol. The second-order valence-electron chi connectivity index (χ2n) is 5.77. The summed E-state index contributed by atoms with van der Waals surface area (Å²) in [6, 6.07) is 12.0. The third-order valence-corrected chi connectivity index (χ3v) is 6.77. The van der Waals surface area contributed by atoms with Gasteiger partial charge in [-0.1, -0.05) is 18.2 Å². The molecule has 0 N–H and O–H groups in total. The Morgan fingerprint density at radius 1 is 0.926 bits per heavy atom. The molecule has 0 aliphatic rings. The van der Waals surface area contributed by atoms with Gasteiger partial charge in [0.25, 0.3) is 0 Å². The molecule has 0 unspecified atom stereocenters. The maximum Gasteiger partial charge on any atom is 0.310 e. The molecule has 0 aliphatic heterocycles. The summed E-state index contributed by atoms with van der Waals surface area (Å²) in [6.07, 6.45) is 0.475. The van der Waals surface area contributed by atoms with Gasteiger partial charge in [0.15, 0.2) is 0 Å². The van der Waals surface area contributed by atoms with Gasteiger partial charge in [-0.15, -0.1) is 22.7 Å². The summed E-state index contributed by atoms with van der Waals surface area (Å²) in [5.74, 6) is -0.523. The number of carbonyl (C=O) groups excluding carboxylic acids is 2. The Bertz CT molecular complexity index is 974. The Balaban J connectivity index is 1.97. The van der Waals surface area contributed by atoms with Crippen LogP contribution in [0.15, 0.2) is 45.6 Å². The van der Waals surface area contributed by atoms with E-state index in [-0.39, 0.29) is 24.8 Å². The zero-order valence-electron chi connectivity index (χ0n) is 14.8. The largest absolute Gasteiger partial charge is 0.469 e. The molecule has 7 heteroatoms. The molecule has 3 aromatic rings. The molecule has 0 bridgehead atoms. The van der Waals surface area contributed by atoms with Crippen LogP contribution in [0, 0.1) is 0 Å². The number of rotatable bonds is 6. The Hall–Kier alpha value is -1.96. The van der Waals surface area contributed by atoms with Crippen molar-refractivity contribution in [2.24, 2.45) is 0 Å². The summed E-state index contributed by atoms with van der Waals surface area (Å²) in [4.78, 5) is 25.5. The number of esters is 2. The fourth-order valence-electron chi connectivity index (χ4n) is 2.76. The van der Waals surface area contributed by atoms with Crippen molar-refractivity contribution < 1.29 is 19.1 Å². The quantitative estimate of drug-likeness (QED) is 0.462. The minimum absolute atomic E-state index is 0.227. The van der Waals surface area contributed by atoms with Gasteiger partial charge in [0, 0.05) is 9.75 Å². The van der Waals surface area contributed by atoms with Gasteiger partial charge in [0.2, 0.25) is 0 Å². The summed E-state index contributed by atoms with van der Waals surface area (Å²) < 4.78 is 10.6. The second kappa shape index (κ2) is 8.82. The highest BCUT2D eigenvalue weighted by molar-refractivity contribution is 9.11. The Morgan fingerprint density at radius 2 is 1.56 bits per heavy atom. The highest BCUT2D eigenvalue weighted by Gasteiger charge is 2.16. The van der Waals surface area contributed by atoms with Gasteiger partial charge in [0.1, 0.15) is 0 Å². The highest BCUT2D eigenvalue weighted by Crippen LogP contribution is 2.39. The molecule has 2 heterocycles. The molecule has 140 valence electrons. The molecule has 1 aromatic carbocycles. The molecule has 0 aliphatic carbocycles. The van der Waals surface area contributed by atoms with Crippen LogP contribution in [0.4, 0.5) is 0 Å². The van der Waals surface area contributed by atoms with Crippen molar-refractivity contribution in [3.8, 4) is 20.9 Å². The lowest BCUT2D eigenvalue weighted by Gasteiger charge is -2.07. The number of benzene rings is 1. The van der Waals surface area contributed by atoms with E-state index in [1.54, 1.807) is 22.7 Å². The van der Waals surface area contributed by atoms with E-state index < -0.39 is 0 Å². The Labute approximate surface area is 173 Å². The Kier molecular flexibility index (Phi) is 6.46. The van der Waals surface area contributed by atoms with Crippen molar-refractivity contribution in [2.45, 2.75) is 12.8 Å². The van der Waals surface area contributed by atoms with Crippen molar-refractivity contribution in [3.05, 3.63) is 56.7 Å². The van der Waals surface area contributed by atoms with Gasteiger partial charge >= 0.3 is 11.9 Å². The maximum absolute atomic E-state index is 11.7. The zero-order chi connectivity index (χ0) is 19.4. The van der Waals surface area contributed by atoms with E-state index in [1.807, 2.05) is 35.7 Å². The number of carbonyl (C=O) groups is 2. The summed E-state index contributed by atoms with van der Waals surface area (Å²) >= 11 is 6.69. The van der Waals surface area contributed by atoms with Gasteiger partial charge < -0.3 is 9.47 Å². The van der Waals surface area contributed by atoms with Crippen LogP contribution < -0.4 is 0 Å². The molecule has 0 fully saturated rings. The van der Waals surface area contributed by atoms with E-state index in [0.29, 0.717) is 0 Å². The fourth-order valence-corrected chi connectivity index (χ4v) is 5.34. The smallest absolute Gasteiger partial charge is 0.310 e. The molecular weight excluding hydrogens is 448 g/mol. The number of hydrogen-bond acceptors (Lipinski definition) is 6. The van der Waals surface area contributed by atoms with Crippen LogP contribution in [0.1, 0.15) is 11.1 Å². The SMILES string of the molecule is COC(=O)Cc1ccsc1-c1cccc(-c2sc(Br)cc2CC(=O)OC)c1. The summed E-state index contributed by atoms with van der Waals surface area (Å²) in [5, 5.41) is 1.98. The fraction of sp³-hybridized carbons (Fsp3) is 0.200. The molecule has 27 heavy (non-hydrogen) atoms. The molecule has 0 saturated heterocycles. The van der Waals surface area contributed by atoms with Crippen molar-refractivity contribution in [1.29, 1.82) is 0 Å². The van der Waals surface area contributed by atoms with E-state index in [2.05, 4.69) is 22.0 Å². The third kappa shape index (κ3) is 4.66. The molecular formula is C20H17BrO4S2. The lowest BCUT2D eigenvalue weighted by Crippen LogP contribution is -2.04. The Morgan fingerprint density at radius 3 is 2.22 bits per heavy atom. The second-order valence-corrected chi connectivity index (χ2v) is 9.11. The first-order chi connectivity index (χ1) is 13.0. The van der Waals surface area contributed by atoms with Crippen molar-refractivity contribution in [1.82, 2.24) is 0 Å². The van der Waals surface area contributed by atoms with Crippen LogP contribution in [-0.2, 0) is 31.9 Å². The normalized spacial score (nSPS) is 10.6. The van der Waals surface area contributed by atoms with E-state index in [0.717, 1.165) is 35.8 Å². The minimum atomic E-state index is -0.267. The minimum Gasteiger partial charge on any atom is -0.469 e. The molecule has 0 radical (unpaired) electrons. The molecule has 2 aromatic heterocycles. The van der Waals surface area contributed by atoms with Crippen LogP contribution in [0.25, 0.3) is 20.9 Å². The summed E-state index contributed by atoms with van der Waals surface area (Å²) in [6.45, 7) is 0. The first-order valence-corrected chi connectivity index (χ1v) is 10.6. The zero-order valence-corrected chi connectivity index (χ0v) is 18.0. The predicted octanol–water partition coefficient (Wildman–Crippen LogP) is 5.34. The van der Waals surface area contributed by atoms with E-state index in [1.165, 1.54) is 14.2 Å². The first-order valence-electron chi connectivity index (χ1n) is 8.10. The molecule has 0 atom stereocenters. The highest BCUT2D eigenvalue weighted by atomic mass is 79.9. The number of hydrogen-bond donors (Lipinski definition) is 0. The number of thiophene rings is 2. The molecule has 4 nitrogen and oxygen atoms in total. The van der Waals surface area contributed by atoms with E-state index >= 15 is 0 Å². The van der Waals surface area contributed by atoms with Gasteiger partial charge in [-0.3, -0.25) is 9.59 Å². The topological polar surface area (TPSA) is 52.6 Å². The number of ether oxygens (including phenoxy) is 2. The van der Waals surface area contributed by atoms with E-state index in [9.17, 15) is 9.59 Å². The first kappa shape index (κ1) is 19.8. The van der Waals surface area contributed by atoms with Crippen molar-refractivity contribution in [3.63, 3.8) is 0 Å². The summed E-state index contributed by atoms with van der Waals surface area (Å²) in [5.41, 5.74) is 3.94. The lowest BCUT2D eigenvalue weighted by molar-refractivity contribution is -0.140. The van der Waals surface area contributed by atoms with Gasteiger partial charge in [-0.05, 0) is 61.8 Å². The predicted molar refractivity (Wildman–Crippen MR) is 112 cm³/mol. The van der Waals surface area contributed by atoms with E-state index in [4.69, 9.17) is 9.47 Å². The summed E-state index contributed by atoms with van der Waals surface area (Å²) in [7, 11) is 2.79.